The monoisotopic (exact) mass is 498 g/mol. The van der Waals surface area contributed by atoms with E-state index in [1.54, 1.807) is 13.2 Å². The lowest BCUT2D eigenvalue weighted by atomic mass is 9.58. The molecule has 3 aromatic rings. The molecule has 1 spiro atoms. The molecule has 2 nitrogen and oxygen atoms in total. The minimum absolute atomic E-state index is 0.178. The maximum atomic E-state index is 15.1. The summed E-state index contributed by atoms with van der Waals surface area (Å²) in [6, 6.07) is 18.2. The third kappa shape index (κ3) is 4.15. The molecule has 0 N–H and O–H groups in total. The van der Waals surface area contributed by atoms with Crippen LogP contribution in [0.1, 0.15) is 87.5 Å². The first-order valence-corrected chi connectivity index (χ1v) is 14.0. The van der Waals surface area contributed by atoms with Gasteiger partial charge in [-0.05, 0) is 119 Å². The molecule has 0 amide bonds. The van der Waals surface area contributed by atoms with Crippen LogP contribution in [-0.2, 0) is 18.4 Å². The summed E-state index contributed by atoms with van der Waals surface area (Å²) in [5.74, 6) is 2.58. The molecule has 2 saturated carbocycles. The van der Waals surface area contributed by atoms with E-state index in [0.29, 0.717) is 29.3 Å². The van der Waals surface area contributed by atoms with Gasteiger partial charge in [-0.1, -0.05) is 51.5 Å². The number of hydrogen-bond acceptors (Lipinski definition) is 2. The van der Waals surface area contributed by atoms with E-state index in [9.17, 15) is 0 Å². The lowest BCUT2D eigenvalue weighted by Crippen LogP contribution is -2.40. The third-order valence-corrected chi connectivity index (χ3v) is 10.0. The number of aryl methyl sites for hydroxylation is 1. The van der Waals surface area contributed by atoms with Crippen molar-refractivity contribution in [2.45, 2.75) is 83.7 Å². The van der Waals surface area contributed by atoms with Crippen molar-refractivity contribution in [3.05, 3.63) is 82.7 Å². The van der Waals surface area contributed by atoms with Crippen molar-refractivity contribution in [1.29, 1.82) is 0 Å². The van der Waals surface area contributed by atoms with Gasteiger partial charge >= 0.3 is 0 Å². The number of methoxy groups -OCH3 is 1. The van der Waals surface area contributed by atoms with Crippen LogP contribution in [0.2, 0.25) is 0 Å². The van der Waals surface area contributed by atoms with E-state index in [0.717, 1.165) is 29.2 Å². The molecule has 0 saturated heterocycles. The van der Waals surface area contributed by atoms with Crippen LogP contribution in [0.5, 0.6) is 11.5 Å². The van der Waals surface area contributed by atoms with Gasteiger partial charge in [-0.25, -0.2) is 4.39 Å². The Kier molecular flexibility index (Phi) is 6.09. The predicted octanol–water partition coefficient (Wildman–Crippen LogP) is 8.99. The van der Waals surface area contributed by atoms with Crippen LogP contribution in [0.4, 0.5) is 4.39 Å². The van der Waals surface area contributed by atoms with Crippen molar-refractivity contribution in [2.24, 2.45) is 11.3 Å². The Morgan fingerprint density at radius 2 is 1.73 bits per heavy atom. The van der Waals surface area contributed by atoms with E-state index >= 15 is 4.39 Å². The first kappa shape index (κ1) is 24.5. The van der Waals surface area contributed by atoms with E-state index in [1.165, 1.54) is 61.3 Å². The van der Waals surface area contributed by atoms with Crippen molar-refractivity contribution in [2.75, 3.05) is 7.11 Å². The molecular formula is C34H39FO2. The van der Waals surface area contributed by atoms with Crippen molar-refractivity contribution in [3.8, 4) is 22.6 Å². The number of hydrogen-bond donors (Lipinski definition) is 0. The van der Waals surface area contributed by atoms with Gasteiger partial charge in [0.25, 0.3) is 0 Å². The molecule has 3 heteroatoms. The predicted molar refractivity (Wildman–Crippen MR) is 148 cm³/mol. The quantitative estimate of drug-likeness (QED) is 0.338. The maximum Gasteiger partial charge on any atom is 0.131 e. The van der Waals surface area contributed by atoms with Crippen LogP contribution in [0.25, 0.3) is 11.1 Å². The fourth-order valence-electron chi connectivity index (χ4n) is 7.52. The van der Waals surface area contributed by atoms with Gasteiger partial charge < -0.3 is 9.47 Å². The van der Waals surface area contributed by atoms with Crippen LogP contribution < -0.4 is 9.47 Å². The second kappa shape index (κ2) is 9.19. The van der Waals surface area contributed by atoms with E-state index in [1.807, 2.05) is 6.07 Å². The molecule has 0 unspecified atom stereocenters. The van der Waals surface area contributed by atoms with Gasteiger partial charge in [0.1, 0.15) is 23.9 Å². The van der Waals surface area contributed by atoms with Crippen LogP contribution in [-0.4, -0.2) is 7.11 Å². The van der Waals surface area contributed by atoms with E-state index < -0.39 is 0 Å². The molecule has 37 heavy (non-hydrogen) atoms. The standard InChI is InChI=1S/C34H39FO2/c1-22-13-16-34(22)17-14-24-8-9-26(20-31(24)34)37-21-23-7-11-27(29-19-25(36-4)10-12-32(29)35)28(18-23)30-6-5-15-33(30,2)3/h7-12,18-20,22,30H,5-6,13-17,21H2,1-4H3/t22-,30+,34-/m1/s1. The summed E-state index contributed by atoms with van der Waals surface area (Å²) in [7, 11) is 1.63. The highest BCUT2D eigenvalue weighted by atomic mass is 19.1. The molecule has 194 valence electrons. The first-order valence-electron chi connectivity index (χ1n) is 14.0. The zero-order valence-electron chi connectivity index (χ0n) is 22.7. The molecule has 6 rings (SSSR count). The molecule has 0 heterocycles. The Bertz CT molecular complexity index is 1330. The van der Waals surface area contributed by atoms with Crippen molar-refractivity contribution in [1.82, 2.24) is 0 Å². The first-order chi connectivity index (χ1) is 17.8. The van der Waals surface area contributed by atoms with Crippen molar-refractivity contribution < 1.29 is 13.9 Å². The molecule has 0 radical (unpaired) electrons. The number of ether oxygens (including phenoxy) is 2. The van der Waals surface area contributed by atoms with Crippen LogP contribution in [0.15, 0.2) is 54.6 Å². The Hall–Kier alpha value is -2.81. The highest BCUT2D eigenvalue weighted by Crippen LogP contribution is 2.57. The zero-order chi connectivity index (χ0) is 25.8. The summed E-state index contributed by atoms with van der Waals surface area (Å²) in [6.45, 7) is 7.62. The highest BCUT2D eigenvalue weighted by molar-refractivity contribution is 5.71. The molecule has 3 aliphatic carbocycles. The summed E-state index contributed by atoms with van der Waals surface area (Å²) in [4.78, 5) is 0. The van der Waals surface area contributed by atoms with E-state index in [2.05, 4.69) is 57.2 Å². The summed E-state index contributed by atoms with van der Waals surface area (Å²) >= 11 is 0. The average Bonchev–Trinajstić information content (AvgIpc) is 3.47. The van der Waals surface area contributed by atoms with Gasteiger partial charge in [0.05, 0.1) is 7.11 Å². The van der Waals surface area contributed by atoms with Crippen LogP contribution in [0, 0.1) is 17.2 Å². The topological polar surface area (TPSA) is 18.5 Å². The summed E-state index contributed by atoms with van der Waals surface area (Å²) in [5, 5.41) is 0. The minimum atomic E-state index is -0.209. The second-order valence-corrected chi connectivity index (χ2v) is 12.4. The maximum absolute atomic E-state index is 15.1. The van der Waals surface area contributed by atoms with Gasteiger partial charge in [-0.3, -0.25) is 0 Å². The van der Waals surface area contributed by atoms with E-state index in [4.69, 9.17) is 9.47 Å². The van der Waals surface area contributed by atoms with Gasteiger partial charge in [0, 0.05) is 5.56 Å². The van der Waals surface area contributed by atoms with E-state index in [-0.39, 0.29) is 11.2 Å². The molecule has 3 atom stereocenters. The fourth-order valence-corrected chi connectivity index (χ4v) is 7.52. The smallest absolute Gasteiger partial charge is 0.131 e. The number of benzene rings is 3. The number of halogens is 1. The van der Waals surface area contributed by atoms with Crippen molar-refractivity contribution >= 4 is 0 Å². The third-order valence-electron chi connectivity index (χ3n) is 10.0. The second-order valence-electron chi connectivity index (χ2n) is 12.4. The van der Waals surface area contributed by atoms with Crippen LogP contribution in [0.3, 0.4) is 0 Å². The summed E-state index contributed by atoms with van der Waals surface area (Å²) in [5.41, 5.74) is 7.55. The SMILES string of the molecule is COc1ccc(F)c(-c2ccc(COc3ccc4c(c3)[C@@]3(CC4)CC[C@H]3C)cc2[C@@H]2CCCC2(C)C)c1. The Labute approximate surface area is 221 Å². The molecule has 0 aromatic heterocycles. The van der Waals surface area contributed by atoms with Gasteiger partial charge in [0.15, 0.2) is 0 Å². The molecule has 2 fully saturated rings. The normalized spacial score (nSPS) is 25.6. The lowest BCUT2D eigenvalue weighted by molar-refractivity contribution is 0.138. The Morgan fingerprint density at radius 3 is 2.43 bits per heavy atom. The molecule has 0 bridgehead atoms. The molecule has 3 aliphatic rings. The fraction of sp³-hybridized carbons (Fsp3) is 0.471. The molecule has 0 aliphatic heterocycles. The number of fused-ring (bicyclic) bond motifs is 2. The largest absolute Gasteiger partial charge is 0.497 e. The van der Waals surface area contributed by atoms with Crippen molar-refractivity contribution in [3.63, 3.8) is 0 Å². The lowest BCUT2D eigenvalue weighted by Gasteiger charge is -2.46. The molecule has 3 aromatic carbocycles. The average molecular weight is 499 g/mol. The highest BCUT2D eigenvalue weighted by Gasteiger charge is 2.49. The zero-order valence-corrected chi connectivity index (χ0v) is 22.7. The Balaban J connectivity index is 1.31. The Morgan fingerprint density at radius 1 is 0.892 bits per heavy atom. The summed E-state index contributed by atoms with van der Waals surface area (Å²) in [6.07, 6.45) is 8.65. The minimum Gasteiger partial charge on any atom is -0.497 e. The van der Waals surface area contributed by atoms with Gasteiger partial charge in [0.2, 0.25) is 0 Å². The van der Waals surface area contributed by atoms with Gasteiger partial charge in [-0.15, -0.1) is 0 Å². The molecular weight excluding hydrogens is 459 g/mol. The summed E-state index contributed by atoms with van der Waals surface area (Å²) < 4.78 is 26.9. The van der Waals surface area contributed by atoms with Gasteiger partial charge in [-0.2, -0.15) is 0 Å². The number of rotatable bonds is 6. The van der Waals surface area contributed by atoms with Crippen LogP contribution >= 0.6 is 0 Å².